The number of halogens is 1. The molecule has 0 heterocycles. The van der Waals surface area contributed by atoms with E-state index < -0.39 is 11.8 Å². The maximum atomic E-state index is 12.5. The Morgan fingerprint density at radius 1 is 0.758 bits per heavy atom. The number of hydrogen-bond acceptors (Lipinski definition) is 5. The first-order valence-electron chi connectivity index (χ1n) is 9.87. The molecule has 0 saturated heterocycles. The zero-order chi connectivity index (χ0) is 23.8. The Bertz CT molecular complexity index is 1150. The number of amides is 3. The highest BCUT2D eigenvalue weighted by Gasteiger charge is 2.16. The van der Waals surface area contributed by atoms with Gasteiger partial charge in [-0.25, -0.2) is 0 Å². The summed E-state index contributed by atoms with van der Waals surface area (Å²) in [4.78, 5) is 37.1. The summed E-state index contributed by atoms with van der Waals surface area (Å²) < 4.78 is 10.7. The molecule has 3 aromatic carbocycles. The van der Waals surface area contributed by atoms with Crippen molar-refractivity contribution in [3.8, 4) is 11.5 Å². The van der Waals surface area contributed by atoms with Gasteiger partial charge in [-0.1, -0.05) is 29.8 Å². The van der Waals surface area contributed by atoms with Gasteiger partial charge in [0.05, 0.1) is 32.1 Å². The average molecular weight is 468 g/mol. The summed E-state index contributed by atoms with van der Waals surface area (Å²) in [7, 11) is 2.88. The zero-order valence-electron chi connectivity index (χ0n) is 18.0. The van der Waals surface area contributed by atoms with Gasteiger partial charge in [0.1, 0.15) is 11.5 Å². The Balaban J connectivity index is 1.69. The van der Waals surface area contributed by atoms with E-state index in [1.807, 2.05) is 6.07 Å². The van der Waals surface area contributed by atoms with Crippen LogP contribution in [0.3, 0.4) is 0 Å². The second-order valence-corrected chi connectivity index (χ2v) is 7.25. The first-order chi connectivity index (χ1) is 15.9. The van der Waals surface area contributed by atoms with Crippen molar-refractivity contribution in [2.75, 3.05) is 31.4 Å². The monoisotopic (exact) mass is 467 g/mol. The van der Waals surface area contributed by atoms with Gasteiger partial charge in [-0.2, -0.15) is 0 Å². The summed E-state index contributed by atoms with van der Waals surface area (Å²) >= 11 is 5.82. The van der Waals surface area contributed by atoms with Gasteiger partial charge in [-0.3, -0.25) is 14.4 Å². The molecule has 170 valence electrons. The van der Waals surface area contributed by atoms with Gasteiger partial charge in [-0.15, -0.1) is 0 Å². The zero-order valence-corrected chi connectivity index (χ0v) is 18.7. The maximum Gasteiger partial charge on any atom is 0.255 e. The van der Waals surface area contributed by atoms with Crippen LogP contribution in [0.5, 0.6) is 11.5 Å². The highest BCUT2D eigenvalue weighted by Crippen LogP contribution is 2.36. The van der Waals surface area contributed by atoms with Crippen molar-refractivity contribution in [1.82, 2.24) is 5.32 Å². The number of nitrogens with one attached hydrogen (secondary N) is 3. The molecule has 0 unspecified atom stereocenters. The van der Waals surface area contributed by atoms with E-state index in [0.29, 0.717) is 39.0 Å². The number of ether oxygens (including phenoxy) is 2. The molecule has 0 atom stereocenters. The van der Waals surface area contributed by atoms with Gasteiger partial charge >= 0.3 is 0 Å². The van der Waals surface area contributed by atoms with Gasteiger partial charge in [0.15, 0.2) is 0 Å². The second kappa shape index (κ2) is 11.0. The van der Waals surface area contributed by atoms with Crippen LogP contribution in [-0.4, -0.2) is 38.5 Å². The molecule has 8 nitrogen and oxygen atoms in total. The van der Waals surface area contributed by atoms with Crippen LogP contribution in [0, 0.1) is 0 Å². The van der Waals surface area contributed by atoms with Crippen LogP contribution in [0.2, 0.25) is 5.02 Å². The highest BCUT2D eigenvalue weighted by atomic mass is 35.5. The van der Waals surface area contributed by atoms with E-state index in [1.54, 1.807) is 54.6 Å². The number of carbonyl (C=O) groups is 3. The molecule has 0 radical (unpaired) electrons. The van der Waals surface area contributed by atoms with Gasteiger partial charge in [-0.05, 0) is 36.4 Å². The van der Waals surface area contributed by atoms with E-state index in [9.17, 15) is 14.4 Å². The molecular weight excluding hydrogens is 446 g/mol. The lowest BCUT2D eigenvalue weighted by atomic mass is 10.2. The largest absolute Gasteiger partial charge is 0.494 e. The van der Waals surface area contributed by atoms with E-state index in [4.69, 9.17) is 21.1 Å². The Labute approximate surface area is 195 Å². The molecule has 0 aromatic heterocycles. The Kier molecular flexibility index (Phi) is 7.88. The summed E-state index contributed by atoms with van der Waals surface area (Å²) in [6, 6.07) is 18.1. The lowest BCUT2D eigenvalue weighted by Crippen LogP contribution is -2.32. The van der Waals surface area contributed by atoms with Crippen LogP contribution in [0.15, 0.2) is 66.7 Å². The highest BCUT2D eigenvalue weighted by molar-refractivity contribution is 6.30. The first-order valence-corrected chi connectivity index (χ1v) is 10.2. The molecule has 0 aliphatic carbocycles. The molecule has 0 aliphatic rings. The van der Waals surface area contributed by atoms with E-state index in [0.717, 1.165) is 0 Å². The van der Waals surface area contributed by atoms with Crippen LogP contribution in [0.4, 0.5) is 11.4 Å². The molecule has 0 bridgehead atoms. The predicted octanol–water partition coefficient (Wildman–Crippen LogP) is 3.98. The second-order valence-electron chi connectivity index (χ2n) is 6.81. The van der Waals surface area contributed by atoms with E-state index in [-0.39, 0.29) is 12.5 Å². The van der Waals surface area contributed by atoms with Crippen LogP contribution in [0.25, 0.3) is 0 Å². The Morgan fingerprint density at radius 3 is 1.88 bits per heavy atom. The molecule has 3 N–H and O–H groups in total. The normalized spacial score (nSPS) is 10.2. The third kappa shape index (κ3) is 6.24. The fourth-order valence-corrected chi connectivity index (χ4v) is 3.06. The Hall–Kier alpha value is -4.04. The van der Waals surface area contributed by atoms with Gasteiger partial charge < -0.3 is 25.4 Å². The molecular formula is C24H22ClN3O5. The lowest BCUT2D eigenvalue weighted by Gasteiger charge is -2.16. The van der Waals surface area contributed by atoms with Crippen LogP contribution in [0.1, 0.15) is 20.7 Å². The molecule has 9 heteroatoms. The number of hydrogen-bond donors (Lipinski definition) is 3. The van der Waals surface area contributed by atoms with Crippen molar-refractivity contribution in [2.45, 2.75) is 0 Å². The molecule has 3 amide bonds. The van der Waals surface area contributed by atoms with Crippen molar-refractivity contribution in [1.29, 1.82) is 0 Å². The molecule has 33 heavy (non-hydrogen) atoms. The molecule has 3 rings (SSSR count). The number of rotatable bonds is 8. The number of methoxy groups -OCH3 is 2. The van der Waals surface area contributed by atoms with Crippen molar-refractivity contribution < 1.29 is 23.9 Å². The summed E-state index contributed by atoms with van der Waals surface area (Å²) in [5, 5.41) is 8.49. The van der Waals surface area contributed by atoms with Gasteiger partial charge in [0.25, 0.3) is 11.8 Å². The van der Waals surface area contributed by atoms with E-state index in [2.05, 4.69) is 16.0 Å². The molecule has 0 saturated carbocycles. The number of benzene rings is 3. The number of carbonyl (C=O) groups excluding carboxylic acids is 3. The molecule has 0 fully saturated rings. The van der Waals surface area contributed by atoms with Crippen molar-refractivity contribution in [2.24, 2.45) is 0 Å². The van der Waals surface area contributed by atoms with E-state index >= 15 is 0 Å². The number of anilines is 2. The van der Waals surface area contributed by atoms with Gasteiger partial charge in [0, 0.05) is 28.3 Å². The van der Waals surface area contributed by atoms with Crippen molar-refractivity contribution >= 4 is 40.7 Å². The topological polar surface area (TPSA) is 106 Å². The first kappa shape index (κ1) is 23.6. The van der Waals surface area contributed by atoms with E-state index in [1.165, 1.54) is 20.3 Å². The summed E-state index contributed by atoms with van der Waals surface area (Å²) in [5.41, 5.74) is 1.55. The third-order valence-corrected chi connectivity index (χ3v) is 4.85. The minimum absolute atomic E-state index is 0.264. The molecule has 0 aliphatic heterocycles. The van der Waals surface area contributed by atoms with Crippen LogP contribution in [-0.2, 0) is 4.79 Å². The fraction of sp³-hybridized carbons (Fsp3) is 0.125. The van der Waals surface area contributed by atoms with Gasteiger partial charge in [0.2, 0.25) is 5.91 Å². The summed E-state index contributed by atoms with van der Waals surface area (Å²) in [5.74, 6) is -0.584. The SMILES string of the molecule is COc1cc(NC(=O)c2ccccc2)c(OC)cc1NC(=O)CNC(=O)c1ccc(Cl)cc1. The minimum Gasteiger partial charge on any atom is -0.494 e. The third-order valence-electron chi connectivity index (χ3n) is 4.60. The van der Waals surface area contributed by atoms with Crippen molar-refractivity contribution in [3.63, 3.8) is 0 Å². The summed E-state index contributed by atoms with van der Waals surface area (Å²) in [6.07, 6.45) is 0. The Morgan fingerprint density at radius 2 is 1.30 bits per heavy atom. The fourth-order valence-electron chi connectivity index (χ4n) is 2.94. The molecule has 0 spiro atoms. The standard InChI is InChI=1S/C24H22ClN3O5/c1-32-20-13-19(28-24(31)15-6-4-3-5-7-15)21(33-2)12-18(20)27-22(29)14-26-23(30)16-8-10-17(25)11-9-16/h3-13H,14H2,1-2H3,(H,26,30)(H,27,29)(H,28,31). The summed E-state index contributed by atoms with van der Waals surface area (Å²) in [6.45, 7) is -0.264. The lowest BCUT2D eigenvalue weighted by molar-refractivity contribution is -0.115. The molecule has 3 aromatic rings. The maximum absolute atomic E-state index is 12.5. The quantitative estimate of drug-likeness (QED) is 0.464. The minimum atomic E-state index is -0.473. The predicted molar refractivity (Wildman–Crippen MR) is 126 cm³/mol. The smallest absolute Gasteiger partial charge is 0.255 e. The van der Waals surface area contributed by atoms with Crippen LogP contribution < -0.4 is 25.4 Å². The van der Waals surface area contributed by atoms with Crippen molar-refractivity contribution in [3.05, 3.63) is 82.9 Å². The average Bonchev–Trinajstić information content (AvgIpc) is 2.84. The van der Waals surface area contributed by atoms with Crippen LogP contribution >= 0.6 is 11.6 Å².